The Balaban J connectivity index is 0. The first-order valence-electron chi connectivity index (χ1n) is 0. The minimum Gasteiger partial charge on any atom is -0.412 e. The van der Waals surface area contributed by atoms with Crippen LogP contribution in [0, 0.1) is 0 Å². The molecule has 0 heterocycles. The predicted molar refractivity (Wildman–Crippen MR) is 275 cm³/mol. The molecule has 104 heavy (non-hydrogen) atoms. The van der Waals surface area contributed by atoms with Crippen molar-refractivity contribution in [3.05, 3.63) is 0 Å². The van der Waals surface area contributed by atoms with Crippen LogP contribution in [0.1, 0.15) is 0 Å². The Labute approximate surface area is 1330 Å². The molecule has 0 bridgehead atoms. The molecule has 0 aromatic carbocycles. The van der Waals surface area contributed by atoms with Crippen molar-refractivity contribution in [1.29, 1.82) is 0 Å². The van der Waals surface area contributed by atoms with Crippen LogP contribution in [0.15, 0.2) is 0 Å². The molecule has 2 unspecified atom stereocenters. The fourth-order valence-corrected chi connectivity index (χ4v) is 0. The normalized spacial score (nSPS) is 0. The standard InChI is InChI=1S/4Co.10K.70H2O.2H3P.18W/h;;;;;;;;;;;;;;70*1H2;2*1H3;;;;;;;;;;;;;;;;;;/q;;;;10*+1;;;;;;;;;;;;;;;;;;;;;;;;;;;;;;;;;;;;;;;;;;;;;;;;;;;;;;;;;;;;;;;;;;;;;;;;;;;;;;;;;;;;;;;;;;. The molecular weight excluding hydrogens is 5120 g/mol. The van der Waals surface area contributed by atoms with Gasteiger partial charge in [0, 0.05) is 446 Å². The summed E-state index contributed by atoms with van der Waals surface area (Å²) in [7, 11) is 0. The molecule has 0 aromatic heterocycles. The van der Waals surface area contributed by atoms with Gasteiger partial charge in [0.1, 0.15) is 0 Å². The zero-order valence-electron chi connectivity index (χ0n) is 55.1. The van der Waals surface area contributed by atoms with Gasteiger partial charge in [-0.15, -0.1) is 0 Å². The summed E-state index contributed by atoms with van der Waals surface area (Å²) in [6, 6.07) is 0. The van der Waals surface area contributed by atoms with Gasteiger partial charge in [-0.1, -0.05) is 0 Å². The van der Waals surface area contributed by atoms with Crippen LogP contribution in [0.25, 0.3) is 0 Å². The van der Waals surface area contributed by atoms with Gasteiger partial charge in [0.2, 0.25) is 0 Å². The molecular formula is H146Co4K10O70P2W18+10. The van der Waals surface area contributed by atoms with Gasteiger partial charge in [-0.25, -0.2) is 0 Å². The Morgan fingerprint density at radius 3 is 0.0481 bits per heavy atom. The van der Waals surface area contributed by atoms with E-state index >= 15 is 0 Å². The first kappa shape index (κ1) is 2780. The van der Waals surface area contributed by atoms with Gasteiger partial charge in [-0.2, -0.15) is 19.8 Å². The molecule has 104 heteroatoms. The zero-order chi connectivity index (χ0) is 0. The summed E-state index contributed by atoms with van der Waals surface area (Å²) in [4.78, 5) is 0. The third-order valence-corrected chi connectivity index (χ3v) is 0. The molecule has 720 valence electrons. The van der Waals surface area contributed by atoms with Crippen LogP contribution in [-0.4, -0.2) is 383 Å². The quantitative estimate of drug-likeness (QED) is 0.161. The largest absolute Gasteiger partial charge is 1.00 e. The Morgan fingerprint density at radius 1 is 0.0481 bits per heavy atom. The Morgan fingerprint density at radius 2 is 0.0481 bits per heavy atom. The Bertz CT molecular complexity index is 150. The van der Waals surface area contributed by atoms with Gasteiger partial charge < -0.3 is 383 Å². The van der Waals surface area contributed by atoms with E-state index in [1.165, 1.54) is 0 Å². The van der Waals surface area contributed by atoms with Crippen molar-refractivity contribution in [1.82, 2.24) is 0 Å². The van der Waals surface area contributed by atoms with Crippen molar-refractivity contribution in [3.8, 4) is 0 Å². The molecule has 0 amide bonds. The average molecular weight is 5260 g/mol. The van der Waals surface area contributed by atoms with Crippen LogP contribution in [0.4, 0.5) is 0 Å². The monoisotopic (exact) mass is 5270 g/mol. The molecule has 4 radical (unpaired) electrons. The van der Waals surface area contributed by atoms with Crippen LogP contribution in [-0.2, 0) is 446 Å². The van der Waals surface area contributed by atoms with E-state index in [1.54, 1.807) is 0 Å². The maximum atomic E-state index is 0. The molecule has 0 aliphatic heterocycles. The fraction of sp³-hybridized carbons (Fsp3) is 0. The van der Waals surface area contributed by atoms with E-state index < -0.39 is 0 Å². The van der Waals surface area contributed by atoms with Crippen molar-refractivity contribution >= 4 is 19.8 Å². The summed E-state index contributed by atoms with van der Waals surface area (Å²) >= 11 is 0. The van der Waals surface area contributed by atoms with E-state index in [4.69, 9.17) is 0 Å². The topological polar surface area (TPSA) is 2200 Å². The smallest absolute Gasteiger partial charge is 0.412 e. The van der Waals surface area contributed by atoms with Crippen LogP contribution in [0.3, 0.4) is 0 Å². The molecule has 140 N–H and O–H groups in total. The van der Waals surface area contributed by atoms with Crippen LogP contribution in [0.5, 0.6) is 0 Å². The average Bonchev–Trinajstić information content (AvgIpc) is 0. The van der Waals surface area contributed by atoms with Crippen LogP contribution >= 0.6 is 19.8 Å². The van der Waals surface area contributed by atoms with Gasteiger partial charge in [-0.05, 0) is 0 Å². The summed E-state index contributed by atoms with van der Waals surface area (Å²) in [5.41, 5.74) is 0. The molecule has 0 aliphatic carbocycles. The van der Waals surface area contributed by atoms with E-state index in [0.29, 0.717) is 0 Å². The SMILES string of the molecule is O.O.O.O.O.O.O.O.O.O.O.O.O.O.O.O.O.O.O.O.O.O.O.O.O.O.O.O.O.O.O.O.O.O.O.O.O.O.O.O.O.O.O.O.O.O.O.O.O.O.O.O.O.O.O.O.O.O.O.O.O.O.O.O.O.O.O.O.O.O.P.P.[Co].[Co].[Co].[Co].[K+].[K+].[K+].[K+].[K+].[K+].[K+].[K+].[K+].[K+].[W].[W].[W].[W].[W].[W].[W].[W].[W].[W].[W].[W].[W].[W].[W].[W].[W].[W]. The first-order valence-corrected chi connectivity index (χ1v) is 0. The van der Waals surface area contributed by atoms with Gasteiger partial charge in [0.15, 0.2) is 0 Å². The number of hydrogen-bond donors (Lipinski definition) is 0. The van der Waals surface area contributed by atoms with Crippen molar-refractivity contribution in [3.63, 3.8) is 0 Å². The number of rotatable bonds is 0. The minimum absolute atomic E-state index is 0. The Hall–Kier alpha value is 28.8. The van der Waals surface area contributed by atoms with Crippen LogP contribution < -0.4 is 514 Å². The second-order valence-electron chi connectivity index (χ2n) is 0. The van der Waals surface area contributed by atoms with E-state index in [0.717, 1.165) is 0 Å². The summed E-state index contributed by atoms with van der Waals surface area (Å²) < 4.78 is 0. The second kappa shape index (κ2) is 2710. The predicted octanol–water partition coefficient (Wildman–Crippen LogP) is -87.6. The molecule has 0 rings (SSSR count). The Kier molecular flexibility index (Phi) is 72400. The van der Waals surface area contributed by atoms with Gasteiger partial charge in [0.25, 0.3) is 0 Å². The molecule has 0 spiro atoms. The third kappa shape index (κ3) is 2650. The van der Waals surface area contributed by atoms with Gasteiger partial charge in [0.05, 0.1) is 0 Å². The maximum absolute atomic E-state index is 0. The molecule has 0 fully saturated rings. The van der Waals surface area contributed by atoms with E-state index in [-0.39, 0.29) is 1360 Å². The van der Waals surface area contributed by atoms with E-state index in [1.807, 2.05) is 0 Å². The van der Waals surface area contributed by atoms with Crippen molar-refractivity contribution < 1.29 is 1340 Å². The van der Waals surface area contributed by atoms with Gasteiger partial charge in [-0.3, -0.25) is 0 Å². The van der Waals surface area contributed by atoms with Crippen LogP contribution in [0.2, 0.25) is 0 Å². The molecule has 0 saturated carbocycles. The van der Waals surface area contributed by atoms with Crippen molar-refractivity contribution in [2.75, 3.05) is 0 Å². The van der Waals surface area contributed by atoms with Crippen molar-refractivity contribution in [2.45, 2.75) is 0 Å². The molecule has 0 aliphatic rings. The summed E-state index contributed by atoms with van der Waals surface area (Å²) in [5, 5.41) is 0. The third-order valence-electron chi connectivity index (χ3n) is 0. The zero-order valence-corrected chi connectivity index (χ0v) is 146. The maximum Gasteiger partial charge on any atom is 1.00 e. The summed E-state index contributed by atoms with van der Waals surface area (Å²) in [6.07, 6.45) is 0. The van der Waals surface area contributed by atoms with E-state index in [2.05, 4.69) is 0 Å². The summed E-state index contributed by atoms with van der Waals surface area (Å²) in [6.45, 7) is 0. The van der Waals surface area contributed by atoms with Crippen molar-refractivity contribution in [2.24, 2.45) is 0 Å². The first-order chi connectivity index (χ1) is 0. The molecule has 0 aromatic rings. The minimum atomic E-state index is 0. The summed E-state index contributed by atoms with van der Waals surface area (Å²) in [5.74, 6) is 0. The fourth-order valence-electron chi connectivity index (χ4n) is 0. The molecule has 70 nitrogen and oxygen atoms in total. The van der Waals surface area contributed by atoms with Gasteiger partial charge >= 0.3 is 514 Å². The molecule has 2 atom stereocenters. The molecule has 0 saturated heterocycles. The number of hydrogen-bond acceptors (Lipinski definition) is 0. The second-order valence-corrected chi connectivity index (χ2v) is 0. The van der Waals surface area contributed by atoms with E-state index in [9.17, 15) is 0 Å².